The number of hydrogen-bond donors (Lipinski definition) is 1. The molecule has 0 aromatic heterocycles. The molecule has 0 spiro atoms. The van der Waals surface area contributed by atoms with Gasteiger partial charge >= 0.3 is 12.3 Å². The van der Waals surface area contributed by atoms with Crippen molar-refractivity contribution in [2.75, 3.05) is 13.1 Å². The molecular weight excluding hydrogens is 191 g/mol. The average molecular weight is 197 g/mol. The zero-order valence-electron chi connectivity index (χ0n) is 6.34. The Bertz CT molecular complexity index is 244. The first kappa shape index (κ1) is 9.82. The van der Waals surface area contributed by atoms with Gasteiger partial charge in [-0.25, -0.2) is 4.79 Å². The average Bonchev–Trinajstić information content (AvgIpc) is 1.80. The number of likely N-dealkylation sites (tertiary alicyclic amines) is 1. The van der Waals surface area contributed by atoms with Crippen molar-refractivity contribution in [1.82, 2.24) is 4.90 Å². The number of ketones is 1. The van der Waals surface area contributed by atoms with E-state index in [0.717, 1.165) is 4.90 Å². The van der Waals surface area contributed by atoms with E-state index in [1.165, 1.54) is 0 Å². The molecule has 1 N–H and O–H groups in total. The summed E-state index contributed by atoms with van der Waals surface area (Å²) in [5, 5.41) is 8.27. The quantitative estimate of drug-likeness (QED) is 0.674. The third kappa shape index (κ3) is 1.90. The molecule has 1 saturated heterocycles. The van der Waals surface area contributed by atoms with Crippen LogP contribution in [0, 0.1) is 5.92 Å². The highest BCUT2D eigenvalue weighted by molar-refractivity contribution is 5.88. The van der Waals surface area contributed by atoms with E-state index in [4.69, 9.17) is 5.11 Å². The lowest BCUT2D eigenvalue weighted by atomic mass is 9.95. The summed E-state index contributed by atoms with van der Waals surface area (Å²) in [5.74, 6) is -3.05. The maximum absolute atomic E-state index is 11.7. The second-order valence-electron chi connectivity index (χ2n) is 2.75. The van der Waals surface area contributed by atoms with Crippen LogP contribution in [0.5, 0.6) is 0 Å². The molecule has 0 bridgehead atoms. The fourth-order valence-electron chi connectivity index (χ4n) is 1.03. The maximum Gasteiger partial charge on any atom is 0.450 e. The second kappa shape index (κ2) is 2.90. The fraction of sp³-hybridized carbons (Fsp3) is 0.667. The lowest BCUT2D eigenvalue weighted by Gasteiger charge is -2.35. The molecular formula is C6H6F3NO3. The normalized spacial score (nSPS) is 18.2. The van der Waals surface area contributed by atoms with Gasteiger partial charge in [-0.15, -0.1) is 0 Å². The van der Waals surface area contributed by atoms with E-state index in [0.29, 0.717) is 0 Å². The Morgan fingerprint density at radius 2 is 1.77 bits per heavy atom. The first-order chi connectivity index (χ1) is 5.82. The van der Waals surface area contributed by atoms with Crippen molar-refractivity contribution in [2.45, 2.75) is 6.18 Å². The van der Waals surface area contributed by atoms with Crippen molar-refractivity contribution >= 4 is 11.9 Å². The molecule has 1 fully saturated rings. The second-order valence-corrected chi connectivity index (χ2v) is 2.75. The maximum atomic E-state index is 11.7. The van der Waals surface area contributed by atoms with E-state index in [1.54, 1.807) is 0 Å². The van der Waals surface area contributed by atoms with Crippen LogP contribution in [0.1, 0.15) is 0 Å². The molecule has 0 unspecified atom stereocenters. The first-order valence-corrected chi connectivity index (χ1v) is 3.41. The lowest BCUT2D eigenvalue weighted by molar-refractivity contribution is -0.179. The van der Waals surface area contributed by atoms with Gasteiger partial charge in [0, 0.05) is 13.1 Å². The van der Waals surface area contributed by atoms with E-state index < -0.39 is 24.0 Å². The van der Waals surface area contributed by atoms with Crippen LogP contribution in [-0.2, 0) is 4.79 Å². The Morgan fingerprint density at radius 1 is 1.31 bits per heavy atom. The predicted octanol–water partition coefficient (Wildman–Crippen LogP) is 0.728. The molecule has 1 amide bonds. The van der Waals surface area contributed by atoms with Crippen LogP contribution < -0.4 is 0 Å². The number of Topliss-reactive ketones (excluding diaryl/α,β-unsaturated/α-hetero) is 1. The van der Waals surface area contributed by atoms with Crippen molar-refractivity contribution in [3.8, 4) is 0 Å². The summed E-state index contributed by atoms with van der Waals surface area (Å²) in [6.07, 6.45) is -6.15. The van der Waals surface area contributed by atoms with Crippen molar-refractivity contribution in [1.29, 1.82) is 0 Å². The van der Waals surface area contributed by atoms with Gasteiger partial charge in [0.2, 0.25) is 5.78 Å². The minimum Gasteiger partial charge on any atom is -0.465 e. The predicted molar refractivity (Wildman–Crippen MR) is 34.1 cm³/mol. The molecule has 74 valence electrons. The minimum atomic E-state index is -4.85. The van der Waals surface area contributed by atoms with Gasteiger partial charge in [0.25, 0.3) is 0 Å². The first-order valence-electron chi connectivity index (χ1n) is 3.41. The third-order valence-corrected chi connectivity index (χ3v) is 1.80. The van der Waals surface area contributed by atoms with Crippen LogP contribution >= 0.6 is 0 Å². The fourth-order valence-corrected chi connectivity index (χ4v) is 1.03. The van der Waals surface area contributed by atoms with Crippen molar-refractivity contribution in [2.24, 2.45) is 5.92 Å². The molecule has 1 aliphatic rings. The molecule has 1 aliphatic heterocycles. The van der Waals surface area contributed by atoms with E-state index in [1.807, 2.05) is 0 Å². The molecule has 0 aromatic carbocycles. The Balaban J connectivity index is 2.44. The van der Waals surface area contributed by atoms with Gasteiger partial charge in [-0.05, 0) is 0 Å². The molecule has 13 heavy (non-hydrogen) atoms. The van der Waals surface area contributed by atoms with Crippen LogP contribution in [0.4, 0.5) is 18.0 Å². The summed E-state index contributed by atoms with van der Waals surface area (Å²) in [5.41, 5.74) is 0. The zero-order valence-corrected chi connectivity index (χ0v) is 6.34. The van der Waals surface area contributed by atoms with Gasteiger partial charge in [0.15, 0.2) is 0 Å². The van der Waals surface area contributed by atoms with Crippen LogP contribution in [-0.4, -0.2) is 41.1 Å². The summed E-state index contributed by atoms with van der Waals surface area (Å²) in [7, 11) is 0. The minimum absolute atomic E-state index is 0.353. The molecule has 0 aromatic rings. The van der Waals surface area contributed by atoms with E-state index in [9.17, 15) is 22.8 Å². The number of halogens is 3. The van der Waals surface area contributed by atoms with Crippen LogP contribution in [0.15, 0.2) is 0 Å². The molecule has 0 saturated carbocycles. The summed E-state index contributed by atoms with van der Waals surface area (Å²) < 4.78 is 35.2. The van der Waals surface area contributed by atoms with Crippen LogP contribution in [0.2, 0.25) is 0 Å². The highest BCUT2D eigenvalue weighted by Crippen LogP contribution is 2.26. The zero-order chi connectivity index (χ0) is 10.2. The summed E-state index contributed by atoms with van der Waals surface area (Å²) in [4.78, 5) is 21.4. The number of hydrogen-bond acceptors (Lipinski definition) is 2. The smallest absolute Gasteiger partial charge is 0.450 e. The molecule has 0 aliphatic carbocycles. The number of rotatable bonds is 1. The Kier molecular flexibility index (Phi) is 2.19. The van der Waals surface area contributed by atoms with Crippen molar-refractivity contribution in [3.05, 3.63) is 0 Å². The Labute approximate surface area is 70.9 Å². The van der Waals surface area contributed by atoms with Gasteiger partial charge in [-0.3, -0.25) is 4.79 Å². The van der Waals surface area contributed by atoms with Gasteiger partial charge in [0.05, 0.1) is 5.92 Å². The molecule has 0 atom stereocenters. The molecule has 1 rings (SSSR count). The number of nitrogens with zero attached hydrogens (tertiary/aromatic N) is 1. The number of alkyl halides is 3. The van der Waals surface area contributed by atoms with E-state index >= 15 is 0 Å². The molecule has 4 nitrogen and oxygen atoms in total. The van der Waals surface area contributed by atoms with Crippen molar-refractivity contribution in [3.63, 3.8) is 0 Å². The third-order valence-electron chi connectivity index (χ3n) is 1.80. The van der Waals surface area contributed by atoms with Gasteiger partial charge in [0.1, 0.15) is 0 Å². The highest BCUT2D eigenvalue weighted by atomic mass is 19.4. The molecule has 1 heterocycles. The molecule has 7 heteroatoms. The van der Waals surface area contributed by atoms with Crippen LogP contribution in [0.25, 0.3) is 0 Å². The monoisotopic (exact) mass is 197 g/mol. The standard InChI is InChI=1S/C6H6F3NO3/c7-6(8,9)4(11)3-1-10(2-3)5(12)13/h3H,1-2H2,(H,12,13). The number of amides is 1. The van der Waals surface area contributed by atoms with Gasteiger partial charge < -0.3 is 10.0 Å². The van der Waals surface area contributed by atoms with Gasteiger partial charge in [-0.1, -0.05) is 0 Å². The summed E-state index contributed by atoms with van der Waals surface area (Å²) >= 11 is 0. The number of carbonyl (C=O) groups is 2. The Hall–Kier alpha value is -1.27. The largest absolute Gasteiger partial charge is 0.465 e. The number of carbonyl (C=O) groups excluding carboxylic acids is 1. The van der Waals surface area contributed by atoms with Crippen LogP contribution in [0.3, 0.4) is 0 Å². The number of carboxylic acid groups (broad SMARTS) is 1. The molecule has 0 radical (unpaired) electrons. The summed E-state index contributed by atoms with van der Waals surface area (Å²) in [6.45, 7) is -0.707. The lowest BCUT2D eigenvalue weighted by Crippen LogP contribution is -2.55. The summed E-state index contributed by atoms with van der Waals surface area (Å²) in [6, 6.07) is 0. The van der Waals surface area contributed by atoms with E-state index in [-0.39, 0.29) is 13.1 Å². The SMILES string of the molecule is O=C(O)N1CC(C(=O)C(F)(F)F)C1. The Morgan fingerprint density at radius 3 is 2.08 bits per heavy atom. The van der Waals surface area contributed by atoms with E-state index in [2.05, 4.69) is 0 Å². The topological polar surface area (TPSA) is 57.6 Å². The van der Waals surface area contributed by atoms with Gasteiger partial charge in [-0.2, -0.15) is 13.2 Å². The van der Waals surface area contributed by atoms with Crippen molar-refractivity contribution < 1.29 is 27.9 Å². The highest BCUT2D eigenvalue weighted by Gasteiger charge is 2.48.